The Kier molecular flexibility index (Phi) is 6.72. The van der Waals surface area contributed by atoms with Gasteiger partial charge in [-0.2, -0.15) is 13.2 Å². The summed E-state index contributed by atoms with van der Waals surface area (Å²) in [6, 6.07) is 3.96. The lowest BCUT2D eigenvalue weighted by atomic mass is 10.1. The van der Waals surface area contributed by atoms with Crippen molar-refractivity contribution < 1.29 is 18.0 Å². The Morgan fingerprint density at radius 3 is 2.63 bits per heavy atom. The highest BCUT2D eigenvalue weighted by molar-refractivity contribution is 5.85. The highest BCUT2D eigenvalue weighted by Gasteiger charge is 2.32. The monoisotopic (exact) mass is 401 g/mol. The average molecular weight is 402 g/mol. The number of nitrogens with one attached hydrogen (secondary N) is 2. The number of halogens is 4. The molecule has 146 valence electrons. The summed E-state index contributed by atoms with van der Waals surface area (Å²) in [7, 11) is 0. The number of pyridine rings is 1. The number of rotatable bonds is 4. The van der Waals surface area contributed by atoms with Crippen LogP contribution in [0.25, 0.3) is 11.3 Å². The molecule has 0 aliphatic carbocycles. The Labute approximate surface area is 160 Å². The molecule has 2 aromatic rings. The summed E-state index contributed by atoms with van der Waals surface area (Å²) in [6.07, 6.45) is -0.303. The van der Waals surface area contributed by atoms with Gasteiger partial charge in [-0.25, -0.2) is 9.97 Å². The first-order valence-electron chi connectivity index (χ1n) is 8.21. The fourth-order valence-electron chi connectivity index (χ4n) is 2.80. The van der Waals surface area contributed by atoms with Crippen molar-refractivity contribution in [2.75, 3.05) is 0 Å². The Morgan fingerprint density at radius 2 is 2.04 bits per heavy atom. The van der Waals surface area contributed by atoms with E-state index < -0.39 is 11.9 Å². The lowest BCUT2D eigenvalue weighted by Crippen LogP contribution is -2.41. The van der Waals surface area contributed by atoms with E-state index in [-0.39, 0.29) is 30.9 Å². The smallest absolute Gasteiger partial charge is 0.349 e. The van der Waals surface area contributed by atoms with Crippen molar-refractivity contribution in [3.63, 3.8) is 0 Å². The van der Waals surface area contributed by atoms with E-state index in [0.29, 0.717) is 23.0 Å². The van der Waals surface area contributed by atoms with E-state index in [1.54, 1.807) is 6.07 Å². The summed E-state index contributed by atoms with van der Waals surface area (Å²) in [4.78, 5) is 23.7. The van der Waals surface area contributed by atoms with Crippen LogP contribution in [0.15, 0.2) is 30.7 Å². The second-order valence-corrected chi connectivity index (χ2v) is 6.24. The van der Waals surface area contributed by atoms with Crippen molar-refractivity contribution in [1.29, 1.82) is 0 Å². The average Bonchev–Trinajstić information content (AvgIpc) is 3.06. The molecule has 1 fully saturated rings. The van der Waals surface area contributed by atoms with Crippen molar-refractivity contribution in [2.45, 2.75) is 44.6 Å². The van der Waals surface area contributed by atoms with Crippen LogP contribution in [0.4, 0.5) is 13.2 Å². The van der Waals surface area contributed by atoms with Gasteiger partial charge in [-0.05, 0) is 38.0 Å². The summed E-state index contributed by atoms with van der Waals surface area (Å²) >= 11 is 0. The van der Waals surface area contributed by atoms with E-state index in [9.17, 15) is 18.0 Å². The molecule has 0 saturated carbocycles. The van der Waals surface area contributed by atoms with E-state index in [0.717, 1.165) is 25.1 Å². The molecule has 3 rings (SSSR count). The molecule has 27 heavy (non-hydrogen) atoms. The summed E-state index contributed by atoms with van der Waals surface area (Å²) < 4.78 is 37.7. The molecular weight excluding hydrogens is 383 g/mol. The maximum atomic E-state index is 12.6. The standard InChI is InChI=1S/C17H18F3N5O.ClH/c1-10-2-4-13(25-10)16(26)22-8-12-6-14(24-9-23-12)11-3-5-15(21-7-11)17(18,19)20;/h3,5-7,9-10,13,25H,2,4,8H2,1H3,(H,22,26);1H/t10-,13+;/m1./s1. The van der Waals surface area contributed by atoms with Gasteiger partial charge < -0.3 is 10.6 Å². The number of carbonyl (C=O) groups excluding carboxylic acids is 1. The third-order valence-corrected chi connectivity index (χ3v) is 4.21. The molecule has 10 heteroatoms. The van der Waals surface area contributed by atoms with Crippen LogP contribution in [-0.4, -0.2) is 32.9 Å². The number of alkyl halides is 3. The Morgan fingerprint density at radius 1 is 1.26 bits per heavy atom. The fourth-order valence-corrected chi connectivity index (χ4v) is 2.80. The first kappa shape index (κ1) is 21.0. The molecule has 3 heterocycles. The summed E-state index contributed by atoms with van der Waals surface area (Å²) in [5.41, 5.74) is 0.493. The zero-order chi connectivity index (χ0) is 18.7. The molecule has 0 radical (unpaired) electrons. The van der Waals surface area contributed by atoms with Crippen molar-refractivity contribution >= 4 is 18.3 Å². The molecule has 0 bridgehead atoms. The zero-order valence-electron chi connectivity index (χ0n) is 14.5. The van der Waals surface area contributed by atoms with Gasteiger partial charge in [0.25, 0.3) is 0 Å². The van der Waals surface area contributed by atoms with Crippen LogP contribution in [0.2, 0.25) is 0 Å². The summed E-state index contributed by atoms with van der Waals surface area (Å²) in [5.74, 6) is -0.0919. The molecular formula is C17H19ClF3N5O. The van der Waals surface area contributed by atoms with E-state index in [2.05, 4.69) is 25.6 Å². The van der Waals surface area contributed by atoms with Gasteiger partial charge in [0.1, 0.15) is 12.0 Å². The maximum Gasteiger partial charge on any atom is 0.433 e. The Hall–Kier alpha value is -2.26. The third kappa shape index (κ3) is 5.36. The van der Waals surface area contributed by atoms with Gasteiger partial charge in [0.05, 0.1) is 24.0 Å². The van der Waals surface area contributed by atoms with Crippen LogP contribution in [0, 0.1) is 0 Å². The van der Waals surface area contributed by atoms with E-state index in [4.69, 9.17) is 0 Å². The molecule has 2 aromatic heterocycles. The fraction of sp³-hybridized carbons (Fsp3) is 0.412. The third-order valence-electron chi connectivity index (χ3n) is 4.21. The minimum atomic E-state index is -4.48. The number of aromatic nitrogens is 3. The topological polar surface area (TPSA) is 79.8 Å². The highest BCUT2D eigenvalue weighted by atomic mass is 35.5. The number of amides is 1. The predicted molar refractivity (Wildman–Crippen MR) is 95.0 cm³/mol. The van der Waals surface area contributed by atoms with Crippen LogP contribution >= 0.6 is 12.4 Å². The van der Waals surface area contributed by atoms with Gasteiger partial charge in [-0.1, -0.05) is 0 Å². The lowest BCUT2D eigenvalue weighted by Gasteiger charge is -2.12. The largest absolute Gasteiger partial charge is 0.433 e. The minimum absolute atomic E-state index is 0. The van der Waals surface area contributed by atoms with E-state index >= 15 is 0 Å². The van der Waals surface area contributed by atoms with Crippen molar-refractivity contribution in [2.24, 2.45) is 0 Å². The molecule has 2 atom stereocenters. The number of hydrogen-bond acceptors (Lipinski definition) is 5. The molecule has 1 saturated heterocycles. The molecule has 0 aromatic carbocycles. The zero-order valence-corrected chi connectivity index (χ0v) is 15.3. The number of carbonyl (C=O) groups is 1. The van der Waals surface area contributed by atoms with Gasteiger partial charge in [0.15, 0.2) is 0 Å². The number of nitrogens with zero attached hydrogens (tertiary/aromatic N) is 3. The lowest BCUT2D eigenvalue weighted by molar-refractivity contribution is -0.141. The van der Waals surface area contributed by atoms with E-state index in [1.807, 2.05) is 6.92 Å². The quantitative estimate of drug-likeness (QED) is 0.823. The van der Waals surface area contributed by atoms with Crippen LogP contribution in [0.3, 0.4) is 0 Å². The Balaban J connectivity index is 0.00000261. The minimum Gasteiger partial charge on any atom is -0.349 e. The van der Waals surface area contributed by atoms with Crippen molar-refractivity contribution in [1.82, 2.24) is 25.6 Å². The first-order chi connectivity index (χ1) is 12.3. The normalized spacial score (nSPS) is 19.4. The molecule has 1 aliphatic rings. The van der Waals surface area contributed by atoms with Gasteiger partial charge >= 0.3 is 6.18 Å². The first-order valence-corrected chi connectivity index (χ1v) is 8.21. The van der Waals surface area contributed by atoms with Crippen molar-refractivity contribution in [3.05, 3.63) is 42.1 Å². The van der Waals surface area contributed by atoms with Crippen LogP contribution in [0.5, 0.6) is 0 Å². The second-order valence-electron chi connectivity index (χ2n) is 6.24. The molecule has 1 aliphatic heterocycles. The molecule has 1 amide bonds. The molecule has 2 N–H and O–H groups in total. The summed E-state index contributed by atoms with van der Waals surface area (Å²) in [5, 5.41) is 6.01. The summed E-state index contributed by atoms with van der Waals surface area (Å²) in [6.45, 7) is 2.25. The SMILES string of the molecule is C[C@@H]1CC[C@@H](C(=O)NCc2cc(-c3ccc(C(F)(F)F)nc3)ncn2)N1.Cl. The van der Waals surface area contributed by atoms with Gasteiger partial charge in [-0.15, -0.1) is 12.4 Å². The second kappa shape index (κ2) is 8.62. The van der Waals surface area contributed by atoms with Gasteiger partial charge in [0.2, 0.25) is 5.91 Å². The van der Waals surface area contributed by atoms with Gasteiger partial charge in [-0.3, -0.25) is 9.78 Å². The number of hydrogen-bond donors (Lipinski definition) is 2. The molecule has 6 nitrogen and oxygen atoms in total. The van der Waals surface area contributed by atoms with E-state index in [1.165, 1.54) is 12.4 Å². The van der Waals surface area contributed by atoms with Gasteiger partial charge in [0, 0.05) is 17.8 Å². The van der Waals surface area contributed by atoms with Crippen molar-refractivity contribution in [3.8, 4) is 11.3 Å². The predicted octanol–water partition coefficient (Wildman–Crippen LogP) is 2.74. The van der Waals surface area contributed by atoms with Crippen LogP contribution in [-0.2, 0) is 17.5 Å². The molecule has 0 spiro atoms. The van der Waals surface area contributed by atoms with Crippen LogP contribution < -0.4 is 10.6 Å². The van der Waals surface area contributed by atoms with Crippen LogP contribution in [0.1, 0.15) is 31.2 Å². The molecule has 0 unspecified atom stereocenters. The maximum absolute atomic E-state index is 12.6. The highest BCUT2D eigenvalue weighted by Crippen LogP contribution is 2.28. The Bertz CT molecular complexity index is 785.